The molecule has 0 spiro atoms. The number of hydrogen-bond donors (Lipinski definition) is 1. The van der Waals surface area contributed by atoms with Crippen LogP contribution >= 0.6 is 0 Å². The van der Waals surface area contributed by atoms with Crippen molar-refractivity contribution < 1.29 is 14.3 Å². The summed E-state index contributed by atoms with van der Waals surface area (Å²) in [5, 5.41) is 0. The van der Waals surface area contributed by atoms with E-state index in [2.05, 4.69) is 0 Å². The van der Waals surface area contributed by atoms with Crippen LogP contribution in [-0.4, -0.2) is 26.2 Å². The second-order valence-corrected chi connectivity index (χ2v) is 5.25. The van der Waals surface area contributed by atoms with E-state index in [1.54, 1.807) is 37.3 Å². The molecule has 2 aromatic carbocycles. The smallest absolute Gasteiger partial charge is 0.268 e. The number of rotatable bonds is 3. The first kappa shape index (κ1) is 14.3. The zero-order valence-electron chi connectivity index (χ0n) is 12.6. The molecule has 1 aliphatic heterocycles. The number of methoxy groups -OCH3 is 1. The van der Waals surface area contributed by atoms with Gasteiger partial charge in [-0.25, -0.2) is 0 Å². The van der Waals surface area contributed by atoms with Crippen LogP contribution in [0.15, 0.2) is 42.5 Å². The highest BCUT2D eigenvalue weighted by molar-refractivity contribution is 6.00. The summed E-state index contributed by atoms with van der Waals surface area (Å²) in [5.41, 5.74) is 8.01. The molecular weight excluding hydrogens is 280 g/mol. The Morgan fingerprint density at radius 1 is 1.27 bits per heavy atom. The summed E-state index contributed by atoms with van der Waals surface area (Å²) in [6.07, 6.45) is -0.116. The standard InChI is InChI=1S/C17H18N2O3/c1-19-13-10-12(18)7-8-15(13)22-16(17(19)20)9-11-5-3-4-6-14(11)21-2/h3-8,10,16H,9,18H2,1-2H3. The third-order valence-corrected chi connectivity index (χ3v) is 3.82. The lowest BCUT2D eigenvalue weighted by Gasteiger charge is -2.32. The van der Waals surface area contributed by atoms with Crippen LogP contribution in [0.2, 0.25) is 0 Å². The second-order valence-electron chi connectivity index (χ2n) is 5.25. The molecule has 5 heteroatoms. The molecule has 0 bridgehead atoms. The lowest BCUT2D eigenvalue weighted by molar-refractivity contribution is -0.125. The maximum absolute atomic E-state index is 12.5. The molecule has 22 heavy (non-hydrogen) atoms. The number of amides is 1. The third kappa shape index (κ3) is 2.45. The van der Waals surface area contributed by atoms with Gasteiger partial charge >= 0.3 is 0 Å². The molecule has 2 aromatic rings. The largest absolute Gasteiger partial charge is 0.496 e. The predicted octanol–water partition coefficient (Wildman–Crippen LogP) is 2.24. The molecule has 1 heterocycles. The van der Waals surface area contributed by atoms with Crippen LogP contribution < -0.4 is 20.1 Å². The van der Waals surface area contributed by atoms with Gasteiger partial charge in [-0.15, -0.1) is 0 Å². The van der Waals surface area contributed by atoms with Gasteiger partial charge in [0.05, 0.1) is 12.8 Å². The first-order valence-corrected chi connectivity index (χ1v) is 7.06. The maximum atomic E-state index is 12.5. The van der Waals surface area contributed by atoms with E-state index in [1.165, 1.54) is 0 Å². The first-order valence-electron chi connectivity index (χ1n) is 7.06. The van der Waals surface area contributed by atoms with E-state index in [-0.39, 0.29) is 5.91 Å². The van der Waals surface area contributed by atoms with E-state index in [9.17, 15) is 4.79 Å². The second kappa shape index (κ2) is 5.60. The number of ether oxygens (including phenoxy) is 2. The predicted molar refractivity (Wildman–Crippen MR) is 85.4 cm³/mol. The quantitative estimate of drug-likeness (QED) is 0.883. The van der Waals surface area contributed by atoms with Crippen molar-refractivity contribution in [2.24, 2.45) is 0 Å². The summed E-state index contributed by atoms with van der Waals surface area (Å²) in [4.78, 5) is 14.1. The van der Waals surface area contributed by atoms with Gasteiger partial charge in [-0.1, -0.05) is 18.2 Å². The van der Waals surface area contributed by atoms with Gasteiger partial charge in [0.15, 0.2) is 6.10 Å². The van der Waals surface area contributed by atoms with Gasteiger partial charge in [-0.2, -0.15) is 0 Å². The zero-order chi connectivity index (χ0) is 15.7. The van der Waals surface area contributed by atoms with E-state index < -0.39 is 6.10 Å². The normalized spacial score (nSPS) is 16.9. The minimum absolute atomic E-state index is 0.0935. The number of likely N-dealkylation sites (N-methyl/N-ethyl adjacent to an activating group) is 1. The number of para-hydroxylation sites is 1. The van der Waals surface area contributed by atoms with E-state index >= 15 is 0 Å². The molecule has 0 aromatic heterocycles. The number of carbonyl (C=O) groups is 1. The van der Waals surface area contributed by atoms with Gasteiger partial charge in [-0.3, -0.25) is 4.79 Å². The number of nitrogens with two attached hydrogens (primary N) is 1. The molecule has 0 fully saturated rings. The van der Waals surface area contributed by atoms with Crippen LogP contribution in [0.3, 0.4) is 0 Å². The van der Waals surface area contributed by atoms with Crippen molar-refractivity contribution in [1.29, 1.82) is 0 Å². The summed E-state index contributed by atoms with van der Waals surface area (Å²) in [7, 11) is 3.35. The van der Waals surface area contributed by atoms with E-state index in [0.717, 1.165) is 11.3 Å². The Balaban J connectivity index is 1.90. The Hall–Kier alpha value is -2.69. The minimum Gasteiger partial charge on any atom is -0.496 e. The highest BCUT2D eigenvalue weighted by atomic mass is 16.5. The lowest BCUT2D eigenvalue weighted by Crippen LogP contribution is -2.45. The molecule has 0 radical (unpaired) electrons. The number of nitrogen functional groups attached to an aromatic ring is 1. The molecule has 5 nitrogen and oxygen atoms in total. The number of anilines is 2. The molecule has 1 unspecified atom stereocenters. The average molecular weight is 298 g/mol. The van der Waals surface area contributed by atoms with E-state index in [0.29, 0.717) is 23.5 Å². The van der Waals surface area contributed by atoms with Crippen LogP contribution in [0.4, 0.5) is 11.4 Å². The van der Waals surface area contributed by atoms with Crippen molar-refractivity contribution in [2.75, 3.05) is 24.8 Å². The highest BCUT2D eigenvalue weighted by Gasteiger charge is 2.32. The van der Waals surface area contributed by atoms with E-state index in [4.69, 9.17) is 15.2 Å². The molecular formula is C17H18N2O3. The van der Waals surface area contributed by atoms with Crippen LogP contribution in [0, 0.1) is 0 Å². The fourth-order valence-electron chi connectivity index (χ4n) is 2.63. The Morgan fingerprint density at radius 3 is 2.82 bits per heavy atom. The Morgan fingerprint density at radius 2 is 2.05 bits per heavy atom. The van der Waals surface area contributed by atoms with Crippen molar-refractivity contribution in [2.45, 2.75) is 12.5 Å². The Labute approximate surface area is 129 Å². The molecule has 0 saturated carbocycles. The molecule has 3 rings (SSSR count). The maximum Gasteiger partial charge on any atom is 0.268 e. The number of nitrogens with zero attached hydrogens (tertiary/aromatic N) is 1. The van der Waals surface area contributed by atoms with Crippen molar-refractivity contribution in [3.05, 3.63) is 48.0 Å². The topological polar surface area (TPSA) is 64.8 Å². The molecule has 114 valence electrons. The zero-order valence-corrected chi connectivity index (χ0v) is 12.6. The average Bonchev–Trinajstić information content (AvgIpc) is 2.53. The molecule has 1 atom stereocenters. The van der Waals surface area contributed by atoms with Crippen LogP contribution in [0.25, 0.3) is 0 Å². The van der Waals surface area contributed by atoms with E-state index in [1.807, 2.05) is 24.3 Å². The summed E-state index contributed by atoms with van der Waals surface area (Å²) in [6, 6.07) is 12.9. The van der Waals surface area contributed by atoms with Gasteiger partial charge in [-0.05, 0) is 29.8 Å². The van der Waals surface area contributed by atoms with Gasteiger partial charge < -0.3 is 20.1 Å². The molecule has 1 amide bonds. The molecule has 2 N–H and O–H groups in total. The first-order chi connectivity index (χ1) is 10.6. The van der Waals surface area contributed by atoms with Gasteiger partial charge in [0.2, 0.25) is 0 Å². The summed E-state index contributed by atoms with van der Waals surface area (Å²) in [6.45, 7) is 0. The summed E-state index contributed by atoms with van der Waals surface area (Å²) >= 11 is 0. The highest BCUT2D eigenvalue weighted by Crippen LogP contribution is 2.35. The fraction of sp³-hybridized carbons (Fsp3) is 0.235. The summed E-state index contributed by atoms with van der Waals surface area (Å²) in [5.74, 6) is 1.32. The van der Waals surface area contributed by atoms with Crippen LogP contribution in [0.1, 0.15) is 5.56 Å². The number of carbonyl (C=O) groups excluding carboxylic acids is 1. The monoisotopic (exact) mass is 298 g/mol. The number of fused-ring (bicyclic) bond motifs is 1. The van der Waals surface area contributed by atoms with Crippen molar-refractivity contribution in [1.82, 2.24) is 0 Å². The van der Waals surface area contributed by atoms with Crippen LogP contribution in [-0.2, 0) is 11.2 Å². The van der Waals surface area contributed by atoms with Crippen molar-refractivity contribution >= 4 is 17.3 Å². The Bertz CT molecular complexity index is 715. The Kier molecular flexibility index (Phi) is 3.63. The molecule has 0 saturated heterocycles. The number of benzene rings is 2. The number of hydrogen-bond acceptors (Lipinski definition) is 4. The SMILES string of the molecule is COc1ccccc1CC1Oc2ccc(N)cc2N(C)C1=O. The van der Waals surface area contributed by atoms with Gasteiger partial charge in [0.25, 0.3) is 5.91 Å². The third-order valence-electron chi connectivity index (χ3n) is 3.82. The van der Waals surface area contributed by atoms with Gasteiger partial charge in [0, 0.05) is 19.2 Å². The fourth-order valence-corrected chi connectivity index (χ4v) is 2.63. The van der Waals surface area contributed by atoms with Crippen molar-refractivity contribution in [3.8, 4) is 11.5 Å². The van der Waals surface area contributed by atoms with Gasteiger partial charge in [0.1, 0.15) is 11.5 Å². The molecule has 1 aliphatic rings. The van der Waals surface area contributed by atoms with Crippen molar-refractivity contribution in [3.63, 3.8) is 0 Å². The molecule has 0 aliphatic carbocycles. The minimum atomic E-state index is -0.572. The lowest BCUT2D eigenvalue weighted by atomic mass is 10.0. The summed E-state index contributed by atoms with van der Waals surface area (Å²) < 4.78 is 11.2. The van der Waals surface area contributed by atoms with Crippen LogP contribution in [0.5, 0.6) is 11.5 Å².